The quantitative estimate of drug-likeness (QED) is 0.379. The van der Waals surface area contributed by atoms with Crippen molar-refractivity contribution in [2.45, 2.75) is 12.1 Å². The first-order chi connectivity index (χ1) is 6.18. The van der Waals surface area contributed by atoms with E-state index in [1.807, 2.05) is 0 Å². The van der Waals surface area contributed by atoms with Gasteiger partial charge in [-0.25, -0.2) is 0 Å². The minimum absolute atomic E-state index is 0. The molecule has 0 saturated carbocycles. The van der Waals surface area contributed by atoms with Crippen LogP contribution in [0.2, 0.25) is 0 Å². The Balaban J connectivity index is 0.000000980. The Hall–Kier alpha value is -0.550. The van der Waals surface area contributed by atoms with Crippen molar-refractivity contribution in [1.29, 1.82) is 0 Å². The molecule has 0 aliphatic carbocycles. The van der Waals surface area contributed by atoms with Crippen LogP contribution in [0.3, 0.4) is 0 Å². The molecule has 14 heavy (non-hydrogen) atoms. The first-order valence-electron chi connectivity index (χ1n) is 3.94. The summed E-state index contributed by atoms with van der Waals surface area (Å²) in [5, 5.41) is 22.1. The average molecular weight is 201 g/mol. The second-order valence-corrected chi connectivity index (χ2v) is 3.03. The summed E-state index contributed by atoms with van der Waals surface area (Å²) in [7, 11) is 0. The Morgan fingerprint density at radius 2 is 1.93 bits per heavy atom. The molecular weight excluding hydrogens is 193 g/mol. The second kappa shape index (κ2) is 4.31. The molecule has 1 aliphatic heterocycles. The van der Waals surface area contributed by atoms with Gasteiger partial charge in [0.2, 0.25) is 0 Å². The molecule has 0 radical (unpaired) electrons. The Labute approximate surface area is 103 Å². The normalized spacial score (nSPS) is 23.7. The molecule has 1 fully saturated rings. The topological polar surface area (TPSA) is 82.3 Å². The van der Waals surface area contributed by atoms with E-state index < -0.39 is 12.0 Å². The number of aliphatic carboxylic acids is 1. The van der Waals surface area contributed by atoms with Crippen molar-refractivity contribution in [1.82, 2.24) is 5.32 Å². The van der Waals surface area contributed by atoms with E-state index in [0.717, 1.165) is 5.56 Å². The Bertz CT molecular complexity index is 338. The van der Waals surface area contributed by atoms with Gasteiger partial charge in [0.1, 0.15) is 5.75 Å². The number of carbonyl (C=O) groups is 1. The van der Waals surface area contributed by atoms with E-state index in [-0.39, 0.29) is 41.3 Å². The largest absolute Gasteiger partial charge is 1.00 e. The summed E-state index contributed by atoms with van der Waals surface area (Å²) in [5.41, 5.74) is 0.854. The molecular formula is C9H8NNaO3. The van der Waals surface area contributed by atoms with Gasteiger partial charge in [-0.15, -0.1) is 0 Å². The van der Waals surface area contributed by atoms with Gasteiger partial charge < -0.3 is 15.0 Å². The molecule has 0 unspecified atom stereocenters. The van der Waals surface area contributed by atoms with Crippen LogP contribution in [0.4, 0.5) is 0 Å². The Morgan fingerprint density at radius 1 is 1.36 bits per heavy atom. The standard InChI is InChI=1S/C9H9NO3.Na/c11-6-3-1-5(2-4-6)7-8(10-7)9(12)13;/h1-4,7-8,10-11H,(H,12,13);/q;+1/p-1/t7-,8+;/m1./s1. The second-order valence-electron chi connectivity index (χ2n) is 3.03. The van der Waals surface area contributed by atoms with Crippen LogP contribution in [0.1, 0.15) is 11.6 Å². The van der Waals surface area contributed by atoms with Crippen LogP contribution in [0, 0.1) is 0 Å². The number of nitrogens with one attached hydrogen (secondary N) is 1. The predicted molar refractivity (Wildman–Crippen MR) is 42.8 cm³/mol. The summed E-state index contributed by atoms with van der Waals surface area (Å²) >= 11 is 0. The zero-order valence-corrected chi connectivity index (χ0v) is 9.73. The molecule has 1 aromatic rings. The van der Waals surface area contributed by atoms with E-state index in [2.05, 4.69) is 5.32 Å². The van der Waals surface area contributed by atoms with Gasteiger partial charge in [-0.3, -0.25) is 5.32 Å². The number of rotatable bonds is 2. The smallest absolute Gasteiger partial charge is 0.548 e. The van der Waals surface area contributed by atoms with Gasteiger partial charge in [0.15, 0.2) is 0 Å². The third kappa shape index (κ3) is 2.27. The molecule has 0 amide bonds. The van der Waals surface area contributed by atoms with Crippen LogP contribution in [0.15, 0.2) is 24.3 Å². The molecule has 1 saturated heterocycles. The Kier molecular flexibility index (Phi) is 3.55. The number of carboxylic acid groups (broad SMARTS) is 1. The SMILES string of the molecule is O=C([O-])[C@H]1N[C@@H]1c1ccc(O)cc1.[Na+]. The van der Waals surface area contributed by atoms with Crippen molar-refractivity contribution in [2.75, 3.05) is 0 Å². The van der Waals surface area contributed by atoms with Gasteiger partial charge in [-0.2, -0.15) is 0 Å². The van der Waals surface area contributed by atoms with Crippen molar-refractivity contribution in [3.8, 4) is 5.75 Å². The molecule has 5 heteroatoms. The number of aromatic hydroxyl groups is 1. The third-order valence-corrected chi connectivity index (χ3v) is 2.09. The van der Waals surface area contributed by atoms with Gasteiger partial charge in [-0.05, 0) is 17.7 Å². The molecule has 1 aromatic carbocycles. The zero-order chi connectivity index (χ0) is 9.42. The van der Waals surface area contributed by atoms with Gasteiger partial charge in [0.05, 0.1) is 18.1 Å². The zero-order valence-electron chi connectivity index (χ0n) is 7.73. The van der Waals surface area contributed by atoms with Gasteiger partial charge >= 0.3 is 29.6 Å². The first-order valence-corrected chi connectivity index (χ1v) is 3.94. The predicted octanol–water partition coefficient (Wildman–Crippen LogP) is -3.84. The van der Waals surface area contributed by atoms with Crippen LogP contribution >= 0.6 is 0 Å². The number of carbonyl (C=O) groups excluding carboxylic acids is 1. The number of phenolic OH excluding ortho intramolecular Hbond substituents is 1. The maximum Gasteiger partial charge on any atom is 1.00 e. The summed E-state index contributed by atoms with van der Waals surface area (Å²) in [6.45, 7) is 0. The van der Waals surface area contributed by atoms with Crippen LogP contribution in [-0.4, -0.2) is 17.1 Å². The van der Waals surface area contributed by atoms with Crippen molar-refractivity contribution < 1.29 is 44.6 Å². The van der Waals surface area contributed by atoms with Crippen molar-refractivity contribution in [2.24, 2.45) is 0 Å². The van der Waals surface area contributed by atoms with Crippen LogP contribution < -0.4 is 40.0 Å². The van der Waals surface area contributed by atoms with Crippen LogP contribution in [0.5, 0.6) is 5.75 Å². The van der Waals surface area contributed by atoms with E-state index in [9.17, 15) is 9.90 Å². The summed E-state index contributed by atoms with van der Waals surface area (Å²) in [6.07, 6.45) is 0. The molecule has 0 spiro atoms. The van der Waals surface area contributed by atoms with E-state index in [1.165, 1.54) is 12.1 Å². The van der Waals surface area contributed by atoms with E-state index in [0.29, 0.717) is 0 Å². The molecule has 4 nitrogen and oxygen atoms in total. The number of hydrogen-bond donors (Lipinski definition) is 2. The van der Waals surface area contributed by atoms with Crippen molar-refractivity contribution in [3.05, 3.63) is 29.8 Å². The van der Waals surface area contributed by atoms with Crippen molar-refractivity contribution >= 4 is 5.97 Å². The van der Waals surface area contributed by atoms with Gasteiger partial charge in [-0.1, -0.05) is 12.1 Å². The van der Waals surface area contributed by atoms with Gasteiger partial charge in [0.25, 0.3) is 0 Å². The summed E-state index contributed by atoms with van der Waals surface area (Å²) in [5.74, 6) is -0.910. The maximum atomic E-state index is 10.4. The fraction of sp³-hybridized carbons (Fsp3) is 0.222. The molecule has 0 bridgehead atoms. The van der Waals surface area contributed by atoms with Crippen LogP contribution in [-0.2, 0) is 4.79 Å². The minimum atomic E-state index is -1.09. The minimum Gasteiger partial charge on any atom is -0.548 e. The number of hydrogen-bond acceptors (Lipinski definition) is 4. The van der Waals surface area contributed by atoms with Crippen LogP contribution in [0.25, 0.3) is 0 Å². The fourth-order valence-corrected chi connectivity index (χ4v) is 1.31. The summed E-state index contributed by atoms with van der Waals surface area (Å²) in [6, 6.07) is 5.70. The molecule has 2 atom stereocenters. The van der Waals surface area contributed by atoms with E-state index >= 15 is 0 Å². The number of benzene rings is 1. The average Bonchev–Trinajstić information content (AvgIpc) is 2.85. The summed E-state index contributed by atoms with van der Waals surface area (Å²) in [4.78, 5) is 10.4. The fourth-order valence-electron chi connectivity index (χ4n) is 1.31. The van der Waals surface area contributed by atoms with E-state index in [4.69, 9.17) is 5.11 Å². The van der Waals surface area contributed by atoms with Crippen molar-refractivity contribution in [3.63, 3.8) is 0 Å². The molecule has 0 aromatic heterocycles. The molecule has 68 valence electrons. The maximum absolute atomic E-state index is 10.4. The molecule has 2 N–H and O–H groups in total. The number of carboxylic acids is 1. The third-order valence-electron chi connectivity index (χ3n) is 2.09. The first kappa shape index (κ1) is 11.5. The van der Waals surface area contributed by atoms with Gasteiger partial charge in [0, 0.05) is 0 Å². The Morgan fingerprint density at radius 3 is 2.36 bits per heavy atom. The number of phenols is 1. The summed E-state index contributed by atoms with van der Waals surface area (Å²) < 4.78 is 0. The molecule has 2 rings (SSSR count). The molecule has 1 aliphatic rings. The van der Waals surface area contributed by atoms with E-state index in [1.54, 1.807) is 12.1 Å². The monoisotopic (exact) mass is 201 g/mol. The molecule has 1 heterocycles.